The Morgan fingerprint density at radius 3 is 2.66 bits per heavy atom. The summed E-state index contributed by atoms with van der Waals surface area (Å²) in [5.41, 5.74) is 0.831. The Hall–Kier alpha value is -2.96. The molecule has 0 radical (unpaired) electrons. The zero-order valence-corrected chi connectivity index (χ0v) is 17.3. The van der Waals surface area contributed by atoms with Gasteiger partial charge in [-0.3, -0.25) is 4.79 Å². The van der Waals surface area contributed by atoms with Crippen molar-refractivity contribution in [3.05, 3.63) is 59.2 Å². The van der Waals surface area contributed by atoms with Crippen molar-refractivity contribution in [1.29, 1.82) is 0 Å². The van der Waals surface area contributed by atoms with E-state index in [4.69, 9.17) is 9.47 Å². The SMILES string of the molecule is COC(=O)[C@]1(c2cccc(F)c2C)C=C(c2cnn(C(=O)OC(C)(C)C)c2)CC1. The van der Waals surface area contributed by atoms with E-state index in [1.54, 1.807) is 58.3 Å². The molecule has 0 saturated heterocycles. The van der Waals surface area contributed by atoms with Crippen LogP contribution >= 0.6 is 0 Å². The summed E-state index contributed by atoms with van der Waals surface area (Å²) < 4.78 is 25.7. The lowest BCUT2D eigenvalue weighted by Crippen LogP contribution is -2.34. The fraction of sp³-hybridized carbons (Fsp3) is 0.409. The molecule has 0 aliphatic heterocycles. The van der Waals surface area contributed by atoms with Crippen LogP contribution in [-0.2, 0) is 19.7 Å². The van der Waals surface area contributed by atoms with Crippen molar-refractivity contribution in [2.45, 2.75) is 51.6 Å². The number of rotatable bonds is 3. The molecule has 1 atom stereocenters. The summed E-state index contributed by atoms with van der Waals surface area (Å²) in [4.78, 5) is 25.0. The van der Waals surface area contributed by atoms with Crippen LogP contribution in [0.1, 0.15) is 50.3 Å². The smallest absolute Gasteiger partial charge is 0.435 e. The molecule has 0 bridgehead atoms. The summed E-state index contributed by atoms with van der Waals surface area (Å²) in [7, 11) is 1.32. The van der Waals surface area contributed by atoms with Gasteiger partial charge in [0.15, 0.2) is 0 Å². The van der Waals surface area contributed by atoms with Crippen molar-refractivity contribution in [2.75, 3.05) is 7.11 Å². The van der Waals surface area contributed by atoms with E-state index in [2.05, 4.69) is 5.10 Å². The number of halogens is 1. The molecule has 1 aliphatic carbocycles. The Morgan fingerprint density at radius 2 is 2.00 bits per heavy atom. The minimum atomic E-state index is -1.08. The highest BCUT2D eigenvalue weighted by atomic mass is 19.1. The van der Waals surface area contributed by atoms with Crippen LogP contribution in [0.2, 0.25) is 0 Å². The third-order valence-electron chi connectivity index (χ3n) is 5.04. The van der Waals surface area contributed by atoms with Crippen LogP contribution < -0.4 is 0 Å². The molecule has 1 aromatic heterocycles. The lowest BCUT2D eigenvalue weighted by atomic mass is 9.78. The molecule has 0 saturated carbocycles. The number of carbonyl (C=O) groups excluding carboxylic acids is 2. The zero-order chi connectivity index (χ0) is 21.4. The highest BCUT2D eigenvalue weighted by molar-refractivity contribution is 5.91. The van der Waals surface area contributed by atoms with Crippen molar-refractivity contribution >= 4 is 17.6 Å². The van der Waals surface area contributed by atoms with E-state index in [1.165, 1.54) is 13.2 Å². The molecule has 7 heteroatoms. The third-order valence-corrected chi connectivity index (χ3v) is 5.04. The number of nitrogens with zero attached hydrogens (tertiary/aromatic N) is 2. The van der Waals surface area contributed by atoms with Gasteiger partial charge >= 0.3 is 12.1 Å². The van der Waals surface area contributed by atoms with E-state index in [-0.39, 0.29) is 5.82 Å². The lowest BCUT2D eigenvalue weighted by molar-refractivity contribution is -0.145. The molecule has 0 unspecified atom stereocenters. The number of hydrogen-bond acceptors (Lipinski definition) is 5. The molecule has 3 rings (SSSR count). The average Bonchev–Trinajstić information content (AvgIpc) is 3.29. The summed E-state index contributed by atoms with van der Waals surface area (Å²) in [6, 6.07) is 4.71. The standard InChI is InChI=1S/C22H25FN2O4/c1-14-17(7-6-8-18(14)23)22(19(26)28-5)10-9-15(11-22)16-12-24-25(13-16)20(27)29-21(2,3)4/h6-8,11-13H,9-10H2,1-5H3/t22-/m0/s1. The molecule has 0 fully saturated rings. The highest BCUT2D eigenvalue weighted by Gasteiger charge is 2.44. The number of hydrogen-bond donors (Lipinski definition) is 0. The van der Waals surface area contributed by atoms with Crippen molar-refractivity contribution in [3.8, 4) is 0 Å². The van der Waals surface area contributed by atoms with Gasteiger partial charge in [-0.25, -0.2) is 9.18 Å². The van der Waals surface area contributed by atoms with Crippen LogP contribution in [0.15, 0.2) is 36.7 Å². The number of allylic oxidation sites excluding steroid dienone is 1. The molecule has 29 heavy (non-hydrogen) atoms. The first kappa shape index (κ1) is 20.8. The van der Waals surface area contributed by atoms with Crippen LogP contribution in [-0.4, -0.2) is 34.6 Å². The molecule has 154 valence electrons. The van der Waals surface area contributed by atoms with Crippen LogP contribution in [0.3, 0.4) is 0 Å². The van der Waals surface area contributed by atoms with E-state index >= 15 is 0 Å². The first-order valence-corrected chi connectivity index (χ1v) is 9.41. The maximum Gasteiger partial charge on any atom is 0.435 e. The minimum absolute atomic E-state index is 0.370. The van der Waals surface area contributed by atoms with Gasteiger partial charge in [-0.05, 0) is 63.3 Å². The van der Waals surface area contributed by atoms with Gasteiger partial charge in [0.2, 0.25) is 0 Å². The Labute approximate surface area is 169 Å². The molecule has 2 aromatic rings. The van der Waals surface area contributed by atoms with Crippen LogP contribution in [0.25, 0.3) is 5.57 Å². The number of aromatic nitrogens is 2. The van der Waals surface area contributed by atoms with Gasteiger partial charge in [0, 0.05) is 11.8 Å². The molecule has 1 aliphatic rings. The fourth-order valence-corrected chi connectivity index (χ4v) is 3.65. The summed E-state index contributed by atoms with van der Waals surface area (Å²) >= 11 is 0. The predicted molar refractivity (Wildman–Crippen MR) is 106 cm³/mol. The summed E-state index contributed by atoms with van der Waals surface area (Å²) in [6.07, 6.45) is 5.36. The minimum Gasteiger partial charge on any atom is -0.468 e. The maximum atomic E-state index is 14.2. The monoisotopic (exact) mass is 400 g/mol. The topological polar surface area (TPSA) is 70.4 Å². The summed E-state index contributed by atoms with van der Waals surface area (Å²) in [6.45, 7) is 6.99. The van der Waals surface area contributed by atoms with Crippen molar-refractivity contribution in [2.24, 2.45) is 0 Å². The molecule has 0 N–H and O–H groups in total. The average molecular weight is 400 g/mol. The van der Waals surface area contributed by atoms with E-state index < -0.39 is 23.1 Å². The number of esters is 1. The Bertz CT molecular complexity index is 987. The van der Waals surface area contributed by atoms with Crippen molar-refractivity contribution in [3.63, 3.8) is 0 Å². The molecule has 1 heterocycles. The number of methoxy groups -OCH3 is 1. The van der Waals surface area contributed by atoms with Crippen LogP contribution in [0, 0.1) is 12.7 Å². The van der Waals surface area contributed by atoms with Crippen molar-refractivity contribution in [1.82, 2.24) is 9.78 Å². The maximum absolute atomic E-state index is 14.2. The normalized spacial score (nSPS) is 19.0. The number of carbonyl (C=O) groups is 2. The van der Waals surface area contributed by atoms with E-state index in [0.717, 1.165) is 10.3 Å². The molecular formula is C22H25FN2O4. The number of benzene rings is 1. The Balaban J connectivity index is 1.99. The highest BCUT2D eigenvalue weighted by Crippen LogP contribution is 2.45. The first-order chi connectivity index (χ1) is 13.6. The Morgan fingerprint density at radius 1 is 1.28 bits per heavy atom. The largest absolute Gasteiger partial charge is 0.468 e. The second-order valence-electron chi connectivity index (χ2n) is 8.20. The van der Waals surface area contributed by atoms with Crippen LogP contribution in [0.4, 0.5) is 9.18 Å². The Kier molecular flexibility index (Phi) is 5.34. The van der Waals surface area contributed by atoms with Gasteiger partial charge in [-0.1, -0.05) is 18.2 Å². The molecular weight excluding hydrogens is 375 g/mol. The molecule has 1 aromatic carbocycles. The van der Waals surface area contributed by atoms with Gasteiger partial charge in [-0.2, -0.15) is 9.78 Å². The quantitative estimate of drug-likeness (QED) is 0.714. The number of ether oxygens (including phenoxy) is 2. The second kappa shape index (κ2) is 7.46. The summed E-state index contributed by atoms with van der Waals surface area (Å²) in [5.74, 6) is -0.814. The third kappa shape index (κ3) is 3.95. The van der Waals surface area contributed by atoms with Gasteiger partial charge < -0.3 is 9.47 Å². The second-order valence-corrected chi connectivity index (χ2v) is 8.20. The van der Waals surface area contributed by atoms with Crippen molar-refractivity contribution < 1.29 is 23.5 Å². The lowest BCUT2D eigenvalue weighted by Gasteiger charge is -2.26. The summed E-state index contributed by atoms with van der Waals surface area (Å²) in [5, 5.41) is 4.09. The first-order valence-electron chi connectivity index (χ1n) is 9.41. The van der Waals surface area contributed by atoms with E-state index in [1.807, 2.05) is 0 Å². The zero-order valence-electron chi connectivity index (χ0n) is 17.3. The van der Waals surface area contributed by atoms with Gasteiger partial charge in [-0.15, -0.1) is 0 Å². The predicted octanol–water partition coefficient (Wildman–Crippen LogP) is 4.40. The molecule has 0 spiro atoms. The van der Waals surface area contributed by atoms with E-state index in [0.29, 0.717) is 29.5 Å². The van der Waals surface area contributed by atoms with Gasteiger partial charge in [0.1, 0.15) is 16.8 Å². The van der Waals surface area contributed by atoms with Gasteiger partial charge in [0.25, 0.3) is 0 Å². The van der Waals surface area contributed by atoms with Gasteiger partial charge in [0.05, 0.1) is 13.3 Å². The van der Waals surface area contributed by atoms with Crippen LogP contribution in [0.5, 0.6) is 0 Å². The molecule has 0 amide bonds. The molecule has 6 nitrogen and oxygen atoms in total. The fourth-order valence-electron chi connectivity index (χ4n) is 3.65. The van der Waals surface area contributed by atoms with E-state index in [9.17, 15) is 14.0 Å².